The smallest absolute Gasteiger partial charge is 0.244 e. The van der Waals surface area contributed by atoms with Crippen LogP contribution in [0.15, 0.2) is 48.5 Å². The number of amides is 3. The normalized spacial score (nSPS) is 10.0. The molecule has 0 aliphatic rings. The molecule has 0 saturated heterocycles. The number of hydrogen-bond donors (Lipinski definition) is 2. The molecular weight excluding hydrogens is 342 g/mol. The van der Waals surface area contributed by atoms with Crippen molar-refractivity contribution < 1.29 is 14.4 Å². The van der Waals surface area contributed by atoms with Gasteiger partial charge in [0.2, 0.25) is 17.7 Å². The first-order valence-electron chi connectivity index (χ1n) is 7.56. The van der Waals surface area contributed by atoms with Crippen LogP contribution < -0.4 is 15.5 Å². The summed E-state index contributed by atoms with van der Waals surface area (Å²) in [6, 6.07) is 13.4. The first-order chi connectivity index (χ1) is 11.8. The molecule has 6 nitrogen and oxygen atoms in total. The topological polar surface area (TPSA) is 78.5 Å². The average molecular weight is 360 g/mol. The molecule has 7 heteroatoms. The highest BCUT2D eigenvalue weighted by molar-refractivity contribution is 6.30. The van der Waals surface area contributed by atoms with Gasteiger partial charge in [0.1, 0.15) is 6.54 Å². The Balaban J connectivity index is 2.12. The van der Waals surface area contributed by atoms with Crippen molar-refractivity contribution in [1.82, 2.24) is 0 Å². The van der Waals surface area contributed by atoms with Gasteiger partial charge in [-0.1, -0.05) is 17.7 Å². The number of carbonyl (C=O) groups is 3. The molecule has 2 aromatic rings. The SMILES string of the molecule is CC(=O)Nc1cccc(N(CC(=O)Nc2ccc(Cl)cc2)C(C)=O)c1. The van der Waals surface area contributed by atoms with E-state index in [1.54, 1.807) is 48.5 Å². The van der Waals surface area contributed by atoms with Crippen LogP contribution in [-0.2, 0) is 14.4 Å². The lowest BCUT2D eigenvalue weighted by Crippen LogP contribution is -2.36. The first-order valence-corrected chi connectivity index (χ1v) is 7.94. The summed E-state index contributed by atoms with van der Waals surface area (Å²) in [6.07, 6.45) is 0. The van der Waals surface area contributed by atoms with Crippen molar-refractivity contribution in [2.45, 2.75) is 13.8 Å². The van der Waals surface area contributed by atoms with Crippen molar-refractivity contribution in [3.05, 3.63) is 53.6 Å². The van der Waals surface area contributed by atoms with Crippen molar-refractivity contribution in [1.29, 1.82) is 0 Å². The molecule has 0 aromatic heterocycles. The molecule has 0 atom stereocenters. The van der Waals surface area contributed by atoms with E-state index in [9.17, 15) is 14.4 Å². The maximum absolute atomic E-state index is 12.2. The lowest BCUT2D eigenvalue weighted by molar-refractivity contribution is -0.120. The van der Waals surface area contributed by atoms with Gasteiger partial charge in [-0.15, -0.1) is 0 Å². The molecule has 3 amide bonds. The van der Waals surface area contributed by atoms with E-state index in [0.29, 0.717) is 22.1 Å². The minimum atomic E-state index is -0.345. The molecule has 0 bridgehead atoms. The van der Waals surface area contributed by atoms with Gasteiger partial charge in [0, 0.05) is 35.9 Å². The van der Waals surface area contributed by atoms with E-state index in [2.05, 4.69) is 10.6 Å². The summed E-state index contributed by atoms with van der Waals surface area (Å²) >= 11 is 5.81. The molecule has 25 heavy (non-hydrogen) atoms. The largest absolute Gasteiger partial charge is 0.326 e. The third kappa shape index (κ3) is 5.61. The maximum Gasteiger partial charge on any atom is 0.244 e. The lowest BCUT2D eigenvalue weighted by atomic mass is 10.2. The number of nitrogens with one attached hydrogen (secondary N) is 2. The Kier molecular flexibility index (Phi) is 6.14. The van der Waals surface area contributed by atoms with Crippen LogP contribution in [0.5, 0.6) is 0 Å². The predicted molar refractivity (Wildman–Crippen MR) is 98.9 cm³/mol. The number of nitrogens with zero attached hydrogens (tertiary/aromatic N) is 1. The van der Waals surface area contributed by atoms with Crippen molar-refractivity contribution in [3.8, 4) is 0 Å². The molecule has 130 valence electrons. The summed E-state index contributed by atoms with van der Waals surface area (Å²) in [4.78, 5) is 36.7. The number of anilines is 3. The van der Waals surface area contributed by atoms with Gasteiger partial charge in [0.05, 0.1) is 0 Å². The van der Waals surface area contributed by atoms with Gasteiger partial charge in [0.25, 0.3) is 0 Å². The third-order valence-electron chi connectivity index (χ3n) is 3.29. The van der Waals surface area contributed by atoms with E-state index in [1.165, 1.54) is 18.7 Å². The highest BCUT2D eigenvalue weighted by Crippen LogP contribution is 2.20. The fourth-order valence-corrected chi connectivity index (χ4v) is 2.34. The monoisotopic (exact) mass is 359 g/mol. The predicted octanol–water partition coefficient (Wildman–Crippen LogP) is 3.29. The highest BCUT2D eigenvalue weighted by Gasteiger charge is 2.16. The van der Waals surface area contributed by atoms with Crippen LogP contribution in [0, 0.1) is 0 Å². The number of halogens is 1. The molecule has 2 aromatic carbocycles. The van der Waals surface area contributed by atoms with Gasteiger partial charge < -0.3 is 15.5 Å². The van der Waals surface area contributed by atoms with E-state index >= 15 is 0 Å². The Morgan fingerprint density at radius 3 is 2.24 bits per heavy atom. The summed E-state index contributed by atoms with van der Waals surface area (Å²) < 4.78 is 0. The maximum atomic E-state index is 12.2. The first kappa shape index (κ1) is 18.5. The summed E-state index contributed by atoms with van der Waals surface area (Å²) in [6.45, 7) is 2.62. The van der Waals surface area contributed by atoms with Crippen LogP contribution >= 0.6 is 11.6 Å². The molecule has 0 fully saturated rings. The molecule has 2 N–H and O–H groups in total. The summed E-state index contributed by atoms with van der Waals surface area (Å²) in [5.74, 6) is -0.847. The Morgan fingerprint density at radius 2 is 1.64 bits per heavy atom. The Hall–Kier alpha value is -2.86. The zero-order chi connectivity index (χ0) is 18.4. The second kappa shape index (κ2) is 8.30. The van der Waals surface area contributed by atoms with E-state index in [1.807, 2.05) is 0 Å². The van der Waals surface area contributed by atoms with E-state index in [4.69, 9.17) is 11.6 Å². The molecule has 0 aliphatic heterocycles. The van der Waals surface area contributed by atoms with Gasteiger partial charge in [0.15, 0.2) is 0 Å². The van der Waals surface area contributed by atoms with Gasteiger partial charge in [-0.05, 0) is 42.5 Å². The van der Waals surface area contributed by atoms with Crippen LogP contribution in [0.1, 0.15) is 13.8 Å². The van der Waals surface area contributed by atoms with Crippen molar-refractivity contribution in [3.63, 3.8) is 0 Å². The van der Waals surface area contributed by atoms with E-state index in [0.717, 1.165) is 0 Å². The third-order valence-corrected chi connectivity index (χ3v) is 3.54. The molecule has 0 unspecified atom stereocenters. The molecule has 0 spiro atoms. The number of rotatable bonds is 5. The van der Waals surface area contributed by atoms with E-state index < -0.39 is 0 Å². The van der Waals surface area contributed by atoms with Crippen molar-refractivity contribution in [2.75, 3.05) is 22.1 Å². The standard InChI is InChI=1S/C18H18ClN3O3/c1-12(23)20-16-4-3-5-17(10-16)22(13(2)24)11-18(25)21-15-8-6-14(19)7-9-15/h3-10H,11H2,1-2H3,(H,20,23)(H,21,25). The summed E-state index contributed by atoms with van der Waals surface area (Å²) in [7, 11) is 0. The lowest BCUT2D eigenvalue weighted by Gasteiger charge is -2.21. The number of hydrogen-bond acceptors (Lipinski definition) is 3. The van der Waals surface area contributed by atoms with Gasteiger partial charge in [-0.2, -0.15) is 0 Å². The number of carbonyl (C=O) groups excluding carboxylic acids is 3. The minimum absolute atomic E-state index is 0.151. The summed E-state index contributed by atoms with van der Waals surface area (Å²) in [5, 5.41) is 5.93. The molecule has 0 radical (unpaired) electrons. The molecule has 2 rings (SSSR count). The zero-order valence-electron chi connectivity index (χ0n) is 13.9. The minimum Gasteiger partial charge on any atom is -0.326 e. The highest BCUT2D eigenvalue weighted by atomic mass is 35.5. The second-order valence-corrected chi connectivity index (χ2v) is 5.83. The quantitative estimate of drug-likeness (QED) is 0.859. The van der Waals surface area contributed by atoms with E-state index in [-0.39, 0.29) is 24.3 Å². The van der Waals surface area contributed by atoms with Crippen LogP contribution in [0.25, 0.3) is 0 Å². The van der Waals surface area contributed by atoms with Crippen molar-refractivity contribution in [2.24, 2.45) is 0 Å². The summed E-state index contributed by atoms with van der Waals surface area (Å²) in [5.41, 5.74) is 1.66. The van der Waals surface area contributed by atoms with Crippen LogP contribution in [0.2, 0.25) is 5.02 Å². The van der Waals surface area contributed by atoms with Gasteiger partial charge in [-0.3, -0.25) is 14.4 Å². The fourth-order valence-electron chi connectivity index (χ4n) is 2.22. The second-order valence-electron chi connectivity index (χ2n) is 5.39. The van der Waals surface area contributed by atoms with Crippen LogP contribution in [0.4, 0.5) is 17.1 Å². The Morgan fingerprint density at radius 1 is 0.960 bits per heavy atom. The average Bonchev–Trinajstić information content (AvgIpc) is 2.54. The Labute approximate surface area is 150 Å². The molecule has 0 aliphatic carbocycles. The Bertz CT molecular complexity index is 790. The molecule has 0 heterocycles. The van der Waals surface area contributed by atoms with Crippen LogP contribution in [0.3, 0.4) is 0 Å². The molecular formula is C18H18ClN3O3. The molecule has 0 saturated carbocycles. The van der Waals surface area contributed by atoms with Crippen LogP contribution in [-0.4, -0.2) is 24.3 Å². The zero-order valence-corrected chi connectivity index (χ0v) is 14.6. The van der Waals surface area contributed by atoms with Gasteiger partial charge in [-0.25, -0.2) is 0 Å². The number of benzene rings is 2. The van der Waals surface area contributed by atoms with Gasteiger partial charge >= 0.3 is 0 Å². The fraction of sp³-hybridized carbons (Fsp3) is 0.167. The van der Waals surface area contributed by atoms with Crippen molar-refractivity contribution >= 4 is 46.4 Å².